The minimum absolute atomic E-state index is 0.121. The zero-order valence-electron chi connectivity index (χ0n) is 11.0. The number of ether oxygens (including phenoxy) is 1. The first-order chi connectivity index (χ1) is 8.08. The van der Waals surface area contributed by atoms with Crippen LogP contribution in [0.15, 0.2) is 24.3 Å². The van der Waals surface area contributed by atoms with E-state index in [4.69, 9.17) is 4.74 Å². The molecule has 1 rings (SSSR count). The van der Waals surface area contributed by atoms with E-state index in [0.717, 1.165) is 12.1 Å². The molecule has 1 aromatic rings. The number of amides is 1. The molecular formula is C14H21NO2. The third-order valence-corrected chi connectivity index (χ3v) is 3.08. The van der Waals surface area contributed by atoms with Gasteiger partial charge in [-0.25, -0.2) is 0 Å². The van der Waals surface area contributed by atoms with Gasteiger partial charge in [-0.3, -0.25) is 4.79 Å². The lowest BCUT2D eigenvalue weighted by Crippen LogP contribution is -2.26. The lowest BCUT2D eigenvalue weighted by Gasteiger charge is -2.12. The average Bonchev–Trinajstić information content (AvgIpc) is 2.37. The van der Waals surface area contributed by atoms with Gasteiger partial charge in [-0.2, -0.15) is 0 Å². The highest BCUT2D eigenvalue weighted by Crippen LogP contribution is 2.20. The van der Waals surface area contributed by atoms with E-state index in [1.807, 2.05) is 12.1 Å². The van der Waals surface area contributed by atoms with Gasteiger partial charge < -0.3 is 10.1 Å². The molecule has 1 aromatic carbocycles. The molecule has 2 atom stereocenters. The third kappa shape index (κ3) is 3.86. The Morgan fingerprint density at radius 2 is 1.88 bits per heavy atom. The molecule has 0 saturated carbocycles. The van der Waals surface area contributed by atoms with Crippen LogP contribution < -0.4 is 5.32 Å². The molecule has 0 radical (unpaired) electrons. The van der Waals surface area contributed by atoms with Crippen molar-refractivity contribution in [3.8, 4) is 0 Å². The number of methoxy groups -OCH3 is 1. The Hall–Kier alpha value is -1.35. The Bertz CT molecular complexity index is 359. The first-order valence-electron chi connectivity index (χ1n) is 6.02. The molecule has 1 amide bonds. The van der Waals surface area contributed by atoms with Gasteiger partial charge in [-0.15, -0.1) is 0 Å². The van der Waals surface area contributed by atoms with Crippen molar-refractivity contribution < 1.29 is 9.53 Å². The predicted molar refractivity (Wildman–Crippen MR) is 70.2 cm³/mol. The predicted octanol–water partition coefficient (Wildman–Crippen LogP) is 3.17. The molecule has 0 saturated heterocycles. The van der Waals surface area contributed by atoms with E-state index < -0.39 is 6.10 Å². The molecule has 3 nitrogen and oxygen atoms in total. The summed E-state index contributed by atoms with van der Waals surface area (Å²) in [6.45, 7) is 6.09. The van der Waals surface area contributed by atoms with E-state index in [2.05, 4.69) is 31.3 Å². The standard InChI is InChI=1S/C14H21NO2/c1-5-10(2)12-6-8-13(9-7-12)15-14(16)11(3)17-4/h6-11H,5H2,1-4H3,(H,15,16). The fourth-order valence-corrected chi connectivity index (χ4v) is 1.48. The van der Waals surface area contributed by atoms with E-state index >= 15 is 0 Å². The highest BCUT2D eigenvalue weighted by Gasteiger charge is 2.11. The van der Waals surface area contributed by atoms with Crippen LogP contribution in [0, 0.1) is 0 Å². The van der Waals surface area contributed by atoms with Gasteiger partial charge in [0.25, 0.3) is 5.91 Å². The quantitative estimate of drug-likeness (QED) is 0.851. The van der Waals surface area contributed by atoms with Crippen molar-refractivity contribution >= 4 is 11.6 Å². The molecule has 0 heterocycles. The first kappa shape index (κ1) is 13.7. The van der Waals surface area contributed by atoms with Crippen molar-refractivity contribution in [1.82, 2.24) is 0 Å². The van der Waals surface area contributed by atoms with Crippen LogP contribution in [-0.4, -0.2) is 19.1 Å². The number of anilines is 1. The van der Waals surface area contributed by atoms with Crippen molar-refractivity contribution in [2.45, 2.75) is 39.2 Å². The normalized spacial score (nSPS) is 14.1. The molecule has 0 aromatic heterocycles. The molecule has 0 spiro atoms. The van der Waals surface area contributed by atoms with Gasteiger partial charge in [-0.1, -0.05) is 26.0 Å². The molecule has 1 N–H and O–H groups in total. The summed E-state index contributed by atoms with van der Waals surface area (Å²) >= 11 is 0. The molecule has 0 aliphatic rings. The van der Waals surface area contributed by atoms with Crippen LogP contribution in [-0.2, 0) is 9.53 Å². The Morgan fingerprint density at radius 3 is 2.35 bits per heavy atom. The van der Waals surface area contributed by atoms with Gasteiger partial charge in [0.15, 0.2) is 0 Å². The van der Waals surface area contributed by atoms with Crippen LogP contribution in [0.2, 0.25) is 0 Å². The summed E-state index contributed by atoms with van der Waals surface area (Å²) in [6.07, 6.45) is 0.691. The zero-order chi connectivity index (χ0) is 12.8. The number of nitrogens with one attached hydrogen (secondary N) is 1. The first-order valence-corrected chi connectivity index (χ1v) is 6.02. The number of carbonyl (C=O) groups is 1. The number of benzene rings is 1. The summed E-state index contributed by atoms with van der Waals surface area (Å²) in [5, 5.41) is 2.81. The molecule has 94 valence electrons. The average molecular weight is 235 g/mol. The van der Waals surface area contributed by atoms with Gasteiger partial charge in [0.05, 0.1) is 0 Å². The smallest absolute Gasteiger partial charge is 0.253 e. The van der Waals surface area contributed by atoms with E-state index in [1.54, 1.807) is 6.92 Å². The maximum Gasteiger partial charge on any atom is 0.253 e. The summed E-state index contributed by atoms with van der Waals surface area (Å²) in [5.74, 6) is 0.432. The highest BCUT2D eigenvalue weighted by atomic mass is 16.5. The summed E-state index contributed by atoms with van der Waals surface area (Å²) in [6, 6.07) is 7.98. The lowest BCUT2D eigenvalue weighted by atomic mass is 9.99. The Morgan fingerprint density at radius 1 is 1.29 bits per heavy atom. The molecule has 17 heavy (non-hydrogen) atoms. The minimum Gasteiger partial charge on any atom is -0.372 e. The maximum absolute atomic E-state index is 11.6. The molecular weight excluding hydrogens is 214 g/mol. The molecule has 2 unspecified atom stereocenters. The Labute approximate surface area is 103 Å². The molecule has 3 heteroatoms. The van der Waals surface area contributed by atoms with E-state index in [9.17, 15) is 4.79 Å². The maximum atomic E-state index is 11.6. The second kappa shape index (κ2) is 6.40. The second-order valence-corrected chi connectivity index (χ2v) is 4.30. The molecule has 0 aliphatic carbocycles. The topological polar surface area (TPSA) is 38.3 Å². The van der Waals surface area contributed by atoms with E-state index in [1.165, 1.54) is 12.7 Å². The van der Waals surface area contributed by atoms with Crippen LogP contribution in [0.25, 0.3) is 0 Å². The third-order valence-electron chi connectivity index (χ3n) is 3.08. The molecule has 0 fully saturated rings. The number of rotatable bonds is 5. The largest absolute Gasteiger partial charge is 0.372 e. The summed E-state index contributed by atoms with van der Waals surface area (Å²) in [5.41, 5.74) is 2.11. The van der Waals surface area contributed by atoms with Gasteiger partial charge in [0.1, 0.15) is 6.10 Å². The zero-order valence-corrected chi connectivity index (χ0v) is 11.0. The highest BCUT2D eigenvalue weighted by molar-refractivity contribution is 5.93. The molecule has 0 bridgehead atoms. The molecule has 0 aliphatic heterocycles. The van der Waals surface area contributed by atoms with E-state index in [-0.39, 0.29) is 5.91 Å². The number of hydrogen-bond donors (Lipinski definition) is 1. The van der Waals surface area contributed by atoms with Crippen molar-refractivity contribution in [2.75, 3.05) is 12.4 Å². The van der Waals surface area contributed by atoms with Crippen molar-refractivity contribution in [2.24, 2.45) is 0 Å². The fourth-order valence-electron chi connectivity index (χ4n) is 1.48. The SMILES string of the molecule is CCC(C)c1ccc(NC(=O)C(C)OC)cc1. The van der Waals surface area contributed by atoms with Crippen molar-refractivity contribution in [1.29, 1.82) is 0 Å². The van der Waals surface area contributed by atoms with Gasteiger partial charge in [0.2, 0.25) is 0 Å². The Kier molecular flexibility index (Phi) is 5.16. The summed E-state index contributed by atoms with van der Waals surface area (Å²) in [4.78, 5) is 11.6. The summed E-state index contributed by atoms with van der Waals surface area (Å²) in [7, 11) is 1.52. The van der Waals surface area contributed by atoms with Gasteiger partial charge >= 0.3 is 0 Å². The fraction of sp³-hybridized carbons (Fsp3) is 0.500. The minimum atomic E-state index is -0.427. The van der Waals surface area contributed by atoms with Crippen molar-refractivity contribution in [3.63, 3.8) is 0 Å². The van der Waals surface area contributed by atoms with Crippen LogP contribution >= 0.6 is 0 Å². The van der Waals surface area contributed by atoms with Crippen LogP contribution in [0.5, 0.6) is 0 Å². The lowest BCUT2D eigenvalue weighted by molar-refractivity contribution is -0.124. The monoisotopic (exact) mass is 235 g/mol. The van der Waals surface area contributed by atoms with Crippen LogP contribution in [0.1, 0.15) is 38.7 Å². The van der Waals surface area contributed by atoms with E-state index in [0.29, 0.717) is 5.92 Å². The summed E-state index contributed by atoms with van der Waals surface area (Å²) < 4.78 is 4.95. The van der Waals surface area contributed by atoms with Crippen LogP contribution in [0.4, 0.5) is 5.69 Å². The number of carbonyl (C=O) groups excluding carboxylic acids is 1. The number of hydrogen-bond acceptors (Lipinski definition) is 2. The van der Waals surface area contributed by atoms with Gasteiger partial charge in [0, 0.05) is 12.8 Å². The Balaban J connectivity index is 2.65. The van der Waals surface area contributed by atoms with Gasteiger partial charge in [-0.05, 0) is 37.0 Å². The second-order valence-electron chi connectivity index (χ2n) is 4.30. The van der Waals surface area contributed by atoms with Crippen LogP contribution in [0.3, 0.4) is 0 Å². The van der Waals surface area contributed by atoms with Crippen molar-refractivity contribution in [3.05, 3.63) is 29.8 Å².